The minimum Gasteiger partial charge on any atom is -0.337 e. The zero-order chi connectivity index (χ0) is 10.7. The summed E-state index contributed by atoms with van der Waals surface area (Å²) in [6.07, 6.45) is 1.03. The highest BCUT2D eigenvalue weighted by molar-refractivity contribution is 7.11. The summed E-state index contributed by atoms with van der Waals surface area (Å²) in [4.78, 5) is 18.9. The quantitative estimate of drug-likeness (QED) is 0.772. The van der Waals surface area contributed by atoms with Gasteiger partial charge in [0.1, 0.15) is 4.88 Å². The first-order chi connectivity index (χ1) is 7.29. The summed E-state index contributed by atoms with van der Waals surface area (Å²) in [5.41, 5.74) is 2.58. The van der Waals surface area contributed by atoms with Crippen LogP contribution >= 0.6 is 11.3 Å². The van der Waals surface area contributed by atoms with Gasteiger partial charge in [0.05, 0.1) is 11.2 Å². The molecule has 1 aromatic heterocycles. The average Bonchev–Trinajstić information content (AvgIpc) is 2.53. The van der Waals surface area contributed by atoms with Gasteiger partial charge in [0.25, 0.3) is 5.91 Å². The number of rotatable bonds is 1. The molecule has 2 rings (SSSR count). The molecule has 1 aliphatic heterocycles. The van der Waals surface area contributed by atoms with Crippen LogP contribution in [0.2, 0.25) is 0 Å². The van der Waals surface area contributed by atoms with E-state index in [1.54, 1.807) is 5.51 Å². The van der Waals surface area contributed by atoms with Gasteiger partial charge in [-0.25, -0.2) is 4.98 Å². The highest BCUT2D eigenvalue weighted by atomic mass is 32.1. The molecule has 1 aromatic rings. The molecular weight excluding hydrogens is 210 g/mol. The molecule has 1 N–H and O–H groups in total. The smallest absolute Gasteiger partial charge is 0.265 e. The summed E-state index contributed by atoms with van der Waals surface area (Å²) in [7, 11) is 0. The second kappa shape index (κ2) is 4.72. The number of hydrogen-bond acceptors (Lipinski definition) is 4. The van der Waals surface area contributed by atoms with Crippen molar-refractivity contribution in [2.45, 2.75) is 13.3 Å². The van der Waals surface area contributed by atoms with E-state index >= 15 is 0 Å². The summed E-state index contributed by atoms with van der Waals surface area (Å²) < 4.78 is 0. The van der Waals surface area contributed by atoms with E-state index in [9.17, 15) is 4.79 Å². The van der Waals surface area contributed by atoms with Gasteiger partial charge in [0.15, 0.2) is 0 Å². The molecule has 1 fully saturated rings. The number of thiazole rings is 1. The molecule has 5 heteroatoms. The van der Waals surface area contributed by atoms with E-state index in [1.807, 2.05) is 11.8 Å². The maximum atomic E-state index is 12.1. The molecule has 82 valence electrons. The number of aryl methyl sites for hydroxylation is 1. The van der Waals surface area contributed by atoms with Crippen LogP contribution in [0.4, 0.5) is 0 Å². The Labute approximate surface area is 93.3 Å². The second-order valence-corrected chi connectivity index (χ2v) is 4.52. The van der Waals surface area contributed by atoms with Crippen molar-refractivity contribution in [2.24, 2.45) is 0 Å². The molecule has 0 aromatic carbocycles. The summed E-state index contributed by atoms with van der Waals surface area (Å²) >= 11 is 1.44. The van der Waals surface area contributed by atoms with Gasteiger partial charge in [-0.05, 0) is 19.9 Å². The van der Waals surface area contributed by atoms with E-state index in [-0.39, 0.29) is 5.91 Å². The van der Waals surface area contributed by atoms with Gasteiger partial charge in [-0.1, -0.05) is 0 Å². The van der Waals surface area contributed by atoms with Gasteiger partial charge in [0.2, 0.25) is 0 Å². The monoisotopic (exact) mass is 225 g/mol. The van der Waals surface area contributed by atoms with Crippen LogP contribution in [0.25, 0.3) is 0 Å². The molecule has 0 spiro atoms. The Bertz CT molecular complexity index is 342. The second-order valence-electron chi connectivity index (χ2n) is 3.66. The number of hydrogen-bond donors (Lipinski definition) is 1. The molecule has 1 amide bonds. The van der Waals surface area contributed by atoms with Gasteiger partial charge >= 0.3 is 0 Å². The van der Waals surface area contributed by atoms with Crippen LogP contribution in [0.1, 0.15) is 21.8 Å². The predicted octanol–water partition coefficient (Wildman–Crippen LogP) is 0.887. The Balaban J connectivity index is 2.09. The third-order valence-corrected chi connectivity index (χ3v) is 3.48. The van der Waals surface area contributed by atoms with E-state index in [2.05, 4.69) is 10.3 Å². The minimum atomic E-state index is 0.138. The number of carbonyl (C=O) groups is 1. The van der Waals surface area contributed by atoms with Crippen LogP contribution in [-0.2, 0) is 0 Å². The van der Waals surface area contributed by atoms with Crippen LogP contribution in [0.5, 0.6) is 0 Å². The number of amides is 1. The standard InChI is InChI=1S/C10H15N3OS/c1-8-9(15-7-12-8)10(14)13-5-2-3-11-4-6-13/h7,11H,2-6H2,1H3. The summed E-state index contributed by atoms with van der Waals surface area (Å²) in [6, 6.07) is 0. The Hall–Kier alpha value is -0.940. The maximum absolute atomic E-state index is 12.1. The summed E-state index contributed by atoms with van der Waals surface area (Å²) in [5.74, 6) is 0.138. The normalized spacial score (nSPS) is 17.5. The van der Waals surface area contributed by atoms with E-state index in [0.29, 0.717) is 0 Å². The van der Waals surface area contributed by atoms with E-state index in [1.165, 1.54) is 11.3 Å². The van der Waals surface area contributed by atoms with Gasteiger partial charge < -0.3 is 10.2 Å². The summed E-state index contributed by atoms with van der Waals surface area (Å²) in [6.45, 7) is 5.44. The molecule has 4 nitrogen and oxygen atoms in total. The van der Waals surface area contributed by atoms with Crippen molar-refractivity contribution in [3.63, 3.8) is 0 Å². The lowest BCUT2D eigenvalue weighted by Gasteiger charge is -2.19. The minimum absolute atomic E-state index is 0.138. The molecule has 0 radical (unpaired) electrons. The van der Waals surface area contributed by atoms with E-state index in [4.69, 9.17) is 0 Å². The fourth-order valence-corrected chi connectivity index (χ4v) is 2.47. The maximum Gasteiger partial charge on any atom is 0.265 e. The molecule has 0 unspecified atom stereocenters. The van der Waals surface area contributed by atoms with Crippen molar-refractivity contribution < 1.29 is 4.79 Å². The Morgan fingerprint density at radius 2 is 2.40 bits per heavy atom. The lowest BCUT2D eigenvalue weighted by Crippen LogP contribution is -2.34. The lowest BCUT2D eigenvalue weighted by molar-refractivity contribution is 0.0770. The van der Waals surface area contributed by atoms with E-state index in [0.717, 1.165) is 43.2 Å². The lowest BCUT2D eigenvalue weighted by atomic mass is 10.3. The van der Waals surface area contributed by atoms with Crippen LogP contribution in [0.3, 0.4) is 0 Å². The SMILES string of the molecule is Cc1ncsc1C(=O)N1CCCNCC1. The van der Waals surface area contributed by atoms with Gasteiger partial charge in [-0.15, -0.1) is 11.3 Å². The van der Waals surface area contributed by atoms with Crippen molar-refractivity contribution in [1.82, 2.24) is 15.2 Å². The van der Waals surface area contributed by atoms with Crippen molar-refractivity contribution in [3.05, 3.63) is 16.1 Å². The zero-order valence-corrected chi connectivity index (χ0v) is 9.64. The molecule has 1 saturated heterocycles. The number of aromatic nitrogens is 1. The van der Waals surface area contributed by atoms with Crippen molar-refractivity contribution in [1.29, 1.82) is 0 Å². The molecule has 0 bridgehead atoms. The molecule has 15 heavy (non-hydrogen) atoms. The fraction of sp³-hybridized carbons (Fsp3) is 0.600. The Kier molecular flexibility index (Phi) is 3.33. The topological polar surface area (TPSA) is 45.2 Å². The fourth-order valence-electron chi connectivity index (χ4n) is 1.70. The van der Waals surface area contributed by atoms with Gasteiger partial charge in [-0.3, -0.25) is 4.79 Å². The van der Waals surface area contributed by atoms with Crippen molar-refractivity contribution in [2.75, 3.05) is 26.2 Å². The van der Waals surface area contributed by atoms with Crippen molar-refractivity contribution >= 4 is 17.2 Å². The van der Waals surface area contributed by atoms with E-state index < -0.39 is 0 Å². The third kappa shape index (κ3) is 2.35. The first-order valence-corrected chi connectivity index (χ1v) is 6.07. The predicted molar refractivity (Wildman–Crippen MR) is 60.2 cm³/mol. The van der Waals surface area contributed by atoms with Crippen LogP contribution < -0.4 is 5.32 Å². The van der Waals surface area contributed by atoms with Crippen molar-refractivity contribution in [3.8, 4) is 0 Å². The highest BCUT2D eigenvalue weighted by Crippen LogP contribution is 2.15. The average molecular weight is 225 g/mol. The highest BCUT2D eigenvalue weighted by Gasteiger charge is 2.20. The molecule has 2 heterocycles. The molecule has 0 aliphatic carbocycles. The number of nitrogens with zero attached hydrogens (tertiary/aromatic N) is 2. The Morgan fingerprint density at radius 3 is 3.13 bits per heavy atom. The third-order valence-electron chi connectivity index (χ3n) is 2.57. The van der Waals surface area contributed by atoms with Crippen LogP contribution in [0.15, 0.2) is 5.51 Å². The first kappa shape index (κ1) is 10.6. The van der Waals surface area contributed by atoms with Gasteiger partial charge in [0, 0.05) is 19.6 Å². The number of nitrogens with one attached hydrogen (secondary N) is 1. The molecular formula is C10H15N3OS. The first-order valence-electron chi connectivity index (χ1n) is 5.19. The summed E-state index contributed by atoms with van der Waals surface area (Å²) in [5, 5.41) is 3.29. The van der Waals surface area contributed by atoms with Crippen LogP contribution in [0, 0.1) is 6.92 Å². The zero-order valence-electron chi connectivity index (χ0n) is 8.82. The molecule has 0 atom stereocenters. The van der Waals surface area contributed by atoms with Crippen LogP contribution in [-0.4, -0.2) is 42.0 Å². The Morgan fingerprint density at radius 1 is 1.53 bits per heavy atom. The largest absolute Gasteiger partial charge is 0.337 e. The number of carbonyl (C=O) groups excluding carboxylic acids is 1. The molecule has 1 aliphatic rings. The van der Waals surface area contributed by atoms with Gasteiger partial charge in [-0.2, -0.15) is 0 Å². The molecule has 0 saturated carbocycles.